The number of hydrogen-bond acceptors (Lipinski definition) is 5. The van der Waals surface area contributed by atoms with Crippen molar-refractivity contribution in [1.29, 1.82) is 10.5 Å². The lowest BCUT2D eigenvalue weighted by Crippen LogP contribution is -2.33. The fraction of sp³-hybridized carbons (Fsp3) is 0.154. The molecule has 0 aliphatic heterocycles. The lowest BCUT2D eigenvalue weighted by molar-refractivity contribution is 0.0790. The third-order valence-electron chi connectivity index (χ3n) is 2.71. The van der Waals surface area contributed by atoms with Crippen molar-refractivity contribution in [3.8, 4) is 12.1 Å². The number of hydrogen-bond donors (Lipinski definition) is 1. The van der Waals surface area contributed by atoms with Crippen LogP contribution in [0, 0.1) is 22.7 Å². The van der Waals surface area contributed by atoms with E-state index in [0.717, 1.165) is 4.90 Å². The van der Waals surface area contributed by atoms with Crippen molar-refractivity contribution in [1.82, 2.24) is 15.1 Å². The average molecular weight is 267 g/mol. The van der Waals surface area contributed by atoms with Crippen LogP contribution in [0.5, 0.6) is 0 Å². The van der Waals surface area contributed by atoms with Crippen molar-refractivity contribution in [2.75, 3.05) is 13.1 Å². The van der Waals surface area contributed by atoms with Crippen LogP contribution >= 0.6 is 0 Å². The first-order chi connectivity index (χ1) is 9.69. The third kappa shape index (κ3) is 2.33. The van der Waals surface area contributed by atoms with Gasteiger partial charge in [0.15, 0.2) is 5.69 Å². The van der Waals surface area contributed by atoms with Gasteiger partial charge in [0.25, 0.3) is 11.5 Å². The van der Waals surface area contributed by atoms with Crippen molar-refractivity contribution < 1.29 is 4.79 Å². The molecule has 0 bridgehead atoms. The molecular weight excluding hydrogens is 258 g/mol. The van der Waals surface area contributed by atoms with E-state index in [1.165, 1.54) is 0 Å². The highest BCUT2D eigenvalue weighted by Gasteiger charge is 2.20. The number of nitrogens with zero attached hydrogens (tertiary/aromatic N) is 4. The predicted octanol–water partition coefficient (Wildman–Crippen LogP) is 0.412. The number of nitriles is 2. The number of carbonyl (C=O) groups is 1. The van der Waals surface area contributed by atoms with Gasteiger partial charge in [0.2, 0.25) is 0 Å². The number of aromatic nitrogens is 2. The number of nitrogens with one attached hydrogen (secondary N) is 1. The standard InChI is InChI=1S/C13H9N5O2/c14-5-7-18(8-6-15)13(20)11-9-3-1-2-4-10(9)12(19)17-16-11/h1-4H,7-8H2,(H,17,19). The fourth-order valence-electron chi connectivity index (χ4n) is 1.80. The molecule has 2 aromatic rings. The fourth-order valence-corrected chi connectivity index (χ4v) is 1.80. The normalized spacial score (nSPS) is 9.70. The maximum absolute atomic E-state index is 12.3. The van der Waals surface area contributed by atoms with E-state index in [2.05, 4.69) is 10.2 Å². The van der Waals surface area contributed by atoms with Crippen molar-refractivity contribution >= 4 is 16.7 Å². The number of benzene rings is 1. The van der Waals surface area contributed by atoms with E-state index in [9.17, 15) is 9.59 Å². The smallest absolute Gasteiger partial charge is 0.276 e. The van der Waals surface area contributed by atoms with Gasteiger partial charge in [0.05, 0.1) is 17.5 Å². The first-order valence-corrected chi connectivity index (χ1v) is 5.69. The van der Waals surface area contributed by atoms with E-state index in [0.29, 0.717) is 10.8 Å². The number of rotatable bonds is 3. The van der Waals surface area contributed by atoms with Crippen LogP contribution in [0.15, 0.2) is 29.1 Å². The molecule has 0 fully saturated rings. The lowest BCUT2D eigenvalue weighted by atomic mass is 10.1. The molecule has 0 saturated heterocycles. The quantitative estimate of drug-likeness (QED) is 0.809. The predicted molar refractivity (Wildman–Crippen MR) is 69.5 cm³/mol. The molecule has 2 rings (SSSR count). The Labute approximate surface area is 113 Å². The minimum absolute atomic E-state index is 0.0192. The van der Waals surface area contributed by atoms with E-state index in [-0.39, 0.29) is 18.8 Å². The molecule has 98 valence electrons. The molecule has 0 aliphatic carbocycles. The van der Waals surface area contributed by atoms with Gasteiger partial charge in [0.1, 0.15) is 13.1 Å². The maximum atomic E-state index is 12.3. The number of amides is 1. The largest absolute Gasteiger partial charge is 0.311 e. The Bertz CT molecular complexity index is 781. The van der Waals surface area contributed by atoms with Gasteiger partial charge < -0.3 is 4.90 Å². The van der Waals surface area contributed by atoms with Gasteiger partial charge in [-0.1, -0.05) is 18.2 Å². The summed E-state index contributed by atoms with van der Waals surface area (Å²) in [5.41, 5.74) is -0.380. The molecule has 1 N–H and O–H groups in total. The van der Waals surface area contributed by atoms with Crippen LogP contribution in [0.25, 0.3) is 10.8 Å². The summed E-state index contributed by atoms with van der Waals surface area (Å²) in [7, 11) is 0. The zero-order valence-electron chi connectivity index (χ0n) is 10.3. The van der Waals surface area contributed by atoms with Gasteiger partial charge in [-0.15, -0.1) is 0 Å². The molecule has 0 unspecified atom stereocenters. The molecule has 1 amide bonds. The molecule has 0 atom stereocenters. The first kappa shape index (κ1) is 13.2. The maximum Gasteiger partial charge on any atom is 0.276 e. The van der Waals surface area contributed by atoms with E-state index >= 15 is 0 Å². The van der Waals surface area contributed by atoms with Gasteiger partial charge in [0, 0.05) is 5.39 Å². The number of fused-ring (bicyclic) bond motifs is 1. The SMILES string of the molecule is N#CCN(CC#N)C(=O)c1n[nH]c(=O)c2ccccc12. The van der Waals surface area contributed by atoms with Gasteiger partial charge >= 0.3 is 0 Å². The summed E-state index contributed by atoms with van der Waals surface area (Å²) in [5, 5.41) is 24.1. The van der Waals surface area contributed by atoms with E-state index < -0.39 is 11.5 Å². The average Bonchev–Trinajstić information content (AvgIpc) is 2.47. The molecular formula is C13H9N5O2. The Morgan fingerprint density at radius 1 is 1.20 bits per heavy atom. The van der Waals surface area contributed by atoms with Crippen LogP contribution in [0.1, 0.15) is 10.5 Å². The Balaban J connectivity index is 2.56. The van der Waals surface area contributed by atoms with Crippen LogP contribution in [-0.2, 0) is 0 Å². The van der Waals surface area contributed by atoms with E-state index in [1.54, 1.807) is 24.3 Å². The summed E-state index contributed by atoms with van der Waals surface area (Å²) < 4.78 is 0. The highest BCUT2D eigenvalue weighted by atomic mass is 16.2. The van der Waals surface area contributed by atoms with Crippen molar-refractivity contribution in [3.05, 3.63) is 40.3 Å². The summed E-state index contributed by atoms with van der Waals surface area (Å²) in [6.07, 6.45) is 0. The summed E-state index contributed by atoms with van der Waals surface area (Å²) in [6, 6.07) is 10.2. The Kier molecular flexibility index (Phi) is 3.73. The molecule has 0 radical (unpaired) electrons. The number of aromatic amines is 1. The Morgan fingerprint density at radius 2 is 1.80 bits per heavy atom. The van der Waals surface area contributed by atoms with Crippen molar-refractivity contribution in [3.63, 3.8) is 0 Å². The third-order valence-corrected chi connectivity index (χ3v) is 2.71. The van der Waals surface area contributed by atoms with Crippen LogP contribution < -0.4 is 5.56 Å². The van der Waals surface area contributed by atoms with Crippen LogP contribution in [0.4, 0.5) is 0 Å². The zero-order chi connectivity index (χ0) is 14.5. The second kappa shape index (κ2) is 5.63. The second-order valence-electron chi connectivity index (χ2n) is 3.92. The molecule has 7 nitrogen and oxygen atoms in total. The molecule has 0 saturated carbocycles. The molecule has 0 aliphatic rings. The van der Waals surface area contributed by atoms with Crippen molar-refractivity contribution in [2.45, 2.75) is 0 Å². The molecule has 1 heterocycles. The van der Waals surface area contributed by atoms with Gasteiger partial charge in [-0.05, 0) is 6.07 Å². The Morgan fingerprint density at radius 3 is 2.40 bits per heavy atom. The summed E-state index contributed by atoms with van der Waals surface area (Å²) in [5.74, 6) is -0.569. The van der Waals surface area contributed by atoms with Crippen molar-refractivity contribution in [2.24, 2.45) is 0 Å². The number of H-pyrrole nitrogens is 1. The monoisotopic (exact) mass is 267 g/mol. The molecule has 0 spiro atoms. The highest BCUT2D eigenvalue weighted by molar-refractivity contribution is 6.04. The lowest BCUT2D eigenvalue weighted by Gasteiger charge is -2.15. The minimum atomic E-state index is -0.569. The van der Waals surface area contributed by atoms with E-state index in [1.807, 2.05) is 12.1 Å². The highest BCUT2D eigenvalue weighted by Crippen LogP contribution is 2.14. The number of carbonyl (C=O) groups excluding carboxylic acids is 1. The van der Waals surface area contributed by atoms with Gasteiger partial charge in [-0.2, -0.15) is 15.6 Å². The molecule has 7 heteroatoms. The summed E-state index contributed by atoms with van der Waals surface area (Å²) >= 11 is 0. The zero-order valence-corrected chi connectivity index (χ0v) is 10.3. The summed E-state index contributed by atoms with van der Waals surface area (Å²) in [6.45, 7) is -0.441. The minimum Gasteiger partial charge on any atom is -0.311 e. The Hall–Kier alpha value is -3.19. The molecule has 20 heavy (non-hydrogen) atoms. The van der Waals surface area contributed by atoms with Crippen LogP contribution in [0.3, 0.4) is 0 Å². The van der Waals surface area contributed by atoms with Gasteiger partial charge in [-0.3, -0.25) is 9.59 Å². The second-order valence-corrected chi connectivity index (χ2v) is 3.92. The van der Waals surface area contributed by atoms with E-state index in [4.69, 9.17) is 10.5 Å². The van der Waals surface area contributed by atoms with Crippen LogP contribution in [-0.4, -0.2) is 34.1 Å². The first-order valence-electron chi connectivity index (χ1n) is 5.69. The van der Waals surface area contributed by atoms with Gasteiger partial charge in [-0.25, -0.2) is 5.10 Å². The van der Waals surface area contributed by atoms with Crippen LogP contribution in [0.2, 0.25) is 0 Å². The summed E-state index contributed by atoms with van der Waals surface area (Å²) in [4.78, 5) is 25.0. The topological polar surface area (TPSA) is 114 Å². The molecule has 1 aromatic heterocycles. The molecule has 1 aromatic carbocycles.